The van der Waals surface area contributed by atoms with Gasteiger partial charge in [0.25, 0.3) is 5.91 Å². The average Bonchev–Trinajstić information content (AvgIpc) is 2.99. The summed E-state index contributed by atoms with van der Waals surface area (Å²) in [5, 5.41) is 25.6. The number of methoxy groups -OCH3 is 2. The van der Waals surface area contributed by atoms with E-state index in [1.54, 1.807) is 0 Å². The summed E-state index contributed by atoms with van der Waals surface area (Å²) in [5.74, 6) is -0.911. The summed E-state index contributed by atoms with van der Waals surface area (Å²) < 4.78 is 15.9. The molecular weight excluding hydrogens is 404 g/mol. The van der Waals surface area contributed by atoms with Crippen molar-refractivity contribution in [3.05, 3.63) is 47.5 Å². The summed E-state index contributed by atoms with van der Waals surface area (Å²) in [6.45, 7) is 1.17. The Morgan fingerprint density at radius 3 is 2.29 bits per heavy atom. The van der Waals surface area contributed by atoms with Crippen LogP contribution in [0.5, 0.6) is 23.0 Å². The van der Waals surface area contributed by atoms with Crippen molar-refractivity contribution < 1.29 is 34.0 Å². The predicted octanol–water partition coefficient (Wildman–Crippen LogP) is 1.82. The fourth-order valence-corrected chi connectivity index (χ4v) is 3.38. The van der Waals surface area contributed by atoms with Gasteiger partial charge in [-0.05, 0) is 55.8 Å². The van der Waals surface area contributed by atoms with Gasteiger partial charge < -0.3 is 35.1 Å². The maximum atomic E-state index is 12.8. The van der Waals surface area contributed by atoms with E-state index in [1.807, 2.05) is 0 Å². The summed E-state index contributed by atoms with van der Waals surface area (Å²) in [6.07, 6.45) is 0.770. The van der Waals surface area contributed by atoms with Crippen LogP contribution in [0.2, 0.25) is 0 Å². The zero-order valence-electron chi connectivity index (χ0n) is 17.4. The number of phenols is 2. The van der Waals surface area contributed by atoms with Crippen molar-refractivity contribution in [2.75, 3.05) is 27.3 Å². The van der Waals surface area contributed by atoms with Crippen molar-refractivity contribution in [2.45, 2.75) is 25.0 Å². The van der Waals surface area contributed by atoms with Gasteiger partial charge in [-0.3, -0.25) is 4.79 Å². The number of nitrogens with one attached hydrogen (secondary N) is 2. The molecule has 0 radical (unpaired) electrons. The molecule has 0 bridgehead atoms. The SMILES string of the molecule is COc1cc(C(=O)O[C@@H]2CCCNC[C@H]2NC(=O)c2ccc(O)cc2)cc(OC)c1O. The zero-order chi connectivity index (χ0) is 22.4. The van der Waals surface area contributed by atoms with Gasteiger partial charge in [0.05, 0.1) is 25.8 Å². The van der Waals surface area contributed by atoms with Crippen LogP contribution >= 0.6 is 0 Å². The molecular formula is C22H26N2O7. The molecule has 0 aromatic heterocycles. The minimum absolute atomic E-state index is 0.0687. The Balaban J connectivity index is 1.76. The summed E-state index contributed by atoms with van der Waals surface area (Å²) in [5.41, 5.74) is 0.549. The standard InChI is InChI=1S/C22H26N2O7/c1-29-18-10-14(11-19(30-2)20(18)26)22(28)31-17-4-3-9-23-12-16(17)24-21(27)13-5-7-15(25)8-6-13/h5-8,10-11,16-17,23,25-26H,3-4,9,12H2,1-2H3,(H,24,27)/t16-,17-/m1/s1. The smallest absolute Gasteiger partial charge is 0.338 e. The quantitative estimate of drug-likeness (QED) is 0.512. The molecule has 1 saturated heterocycles. The normalized spacial score (nSPS) is 18.5. The van der Waals surface area contributed by atoms with Crippen molar-refractivity contribution in [3.63, 3.8) is 0 Å². The Morgan fingerprint density at radius 2 is 1.68 bits per heavy atom. The maximum Gasteiger partial charge on any atom is 0.338 e. The van der Waals surface area contributed by atoms with Crippen molar-refractivity contribution >= 4 is 11.9 Å². The van der Waals surface area contributed by atoms with Gasteiger partial charge in [0.2, 0.25) is 5.75 Å². The largest absolute Gasteiger partial charge is 0.508 e. The minimum Gasteiger partial charge on any atom is -0.508 e. The highest BCUT2D eigenvalue weighted by Crippen LogP contribution is 2.37. The molecule has 2 atom stereocenters. The van der Waals surface area contributed by atoms with Crippen LogP contribution in [0.3, 0.4) is 0 Å². The van der Waals surface area contributed by atoms with Crippen LogP contribution in [0.1, 0.15) is 33.6 Å². The molecule has 9 heteroatoms. The van der Waals surface area contributed by atoms with E-state index in [1.165, 1.54) is 50.6 Å². The topological polar surface area (TPSA) is 126 Å². The number of carbonyl (C=O) groups excluding carboxylic acids is 2. The Kier molecular flexibility index (Phi) is 7.19. The maximum absolute atomic E-state index is 12.8. The van der Waals surface area contributed by atoms with Crippen LogP contribution < -0.4 is 20.1 Å². The molecule has 31 heavy (non-hydrogen) atoms. The van der Waals surface area contributed by atoms with Gasteiger partial charge in [-0.1, -0.05) is 0 Å². The van der Waals surface area contributed by atoms with Gasteiger partial charge in [0.15, 0.2) is 11.5 Å². The van der Waals surface area contributed by atoms with Gasteiger partial charge in [-0.25, -0.2) is 4.79 Å². The molecule has 1 amide bonds. The lowest BCUT2D eigenvalue weighted by Gasteiger charge is -2.26. The molecule has 0 aliphatic carbocycles. The van der Waals surface area contributed by atoms with Crippen LogP contribution in [0.25, 0.3) is 0 Å². The summed E-state index contributed by atoms with van der Waals surface area (Å²) in [6, 6.07) is 8.20. The molecule has 1 fully saturated rings. The number of amides is 1. The molecule has 1 heterocycles. The Bertz CT molecular complexity index is 905. The summed E-state index contributed by atoms with van der Waals surface area (Å²) in [4.78, 5) is 25.5. The van der Waals surface area contributed by atoms with E-state index in [-0.39, 0.29) is 34.5 Å². The first-order valence-electron chi connectivity index (χ1n) is 9.89. The van der Waals surface area contributed by atoms with E-state index in [9.17, 15) is 19.8 Å². The molecule has 0 spiro atoms. The van der Waals surface area contributed by atoms with Crippen molar-refractivity contribution in [2.24, 2.45) is 0 Å². The van der Waals surface area contributed by atoms with Crippen molar-refractivity contribution in [1.82, 2.24) is 10.6 Å². The third-order valence-corrected chi connectivity index (χ3v) is 5.08. The Morgan fingerprint density at radius 1 is 1.03 bits per heavy atom. The number of phenolic OH excluding ortho intramolecular Hbond substituents is 2. The molecule has 2 aromatic rings. The number of rotatable bonds is 6. The second-order valence-corrected chi connectivity index (χ2v) is 7.15. The third kappa shape index (κ3) is 5.37. The number of carbonyl (C=O) groups is 2. The van der Waals surface area contributed by atoms with E-state index in [0.717, 1.165) is 13.0 Å². The lowest BCUT2D eigenvalue weighted by Crippen LogP contribution is -2.49. The molecule has 4 N–H and O–H groups in total. The fourth-order valence-electron chi connectivity index (χ4n) is 3.38. The highest BCUT2D eigenvalue weighted by atomic mass is 16.5. The Hall–Kier alpha value is -3.46. The van der Waals surface area contributed by atoms with Gasteiger partial charge in [-0.15, -0.1) is 0 Å². The van der Waals surface area contributed by atoms with Crippen LogP contribution in [0.15, 0.2) is 36.4 Å². The monoisotopic (exact) mass is 430 g/mol. The molecule has 166 valence electrons. The molecule has 0 saturated carbocycles. The summed E-state index contributed by atoms with van der Waals surface area (Å²) in [7, 11) is 2.74. The van der Waals surface area contributed by atoms with Crippen molar-refractivity contribution in [1.29, 1.82) is 0 Å². The van der Waals surface area contributed by atoms with Crippen molar-refractivity contribution in [3.8, 4) is 23.0 Å². The number of hydrogen-bond donors (Lipinski definition) is 4. The molecule has 1 aliphatic rings. The summed E-state index contributed by atoms with van der Waals surface area (Å²) >= 11 is 0. The molecule has 3 rings (SSSR count). The number of esters is 1. The van der Waals surface area contributed by atoms with Crippen LogP contribution in [0.4, 0.5) is 0 Å². The van der Waals surface area contributed by atoms with E-state index in [0.29, 0.717) is 18.5 Å². The molecule has 9 nitrogen and oxygen atoms in total. The third-order valence-electron chi connectivity index (χ3n) is 5.08. The van der Waals surface area contributed by atoms with E-state index >= 15 is 0 Å². The predicted molar refractivity (Wildman–Crippen MR) is 112 cm³/mol. The van der Waals surface area contributed by atoms with E-state index in [2.05, 4.69) is 10.6 Å². The van der Waals surface area contributed by atoms with Gasteiger partial charge in [-0.2, -0.15) is 0 Å². The van der Waals surface area contributed by atoms with Crippen LogP contribution in [-0.4, -0.2) is 61.5 Å². The minimum atomic E-state index is -0.618. The first-order valence-corrected chi connectivity index (χ1v) is 9.89. The number of ether oxygens (including phenoxy) is 3. The fraction of sp³-hybridized carbons (Fsp3) is 0.364. The number of benzene rings is 2. The highest BCUT2D eigenvalue weighted by Gasteiger charge is 2.29. The van der Waals surface area contributed by atoms with Crippen LogP contribution in [0, 0.1) is 0 Å². The molecule has 0 unspecified atom stereocenters. The molecule has 1 aliphatic heterocycles. The average molecular weight is 430 g/mol. The first-order chi connectivity index (χ1) is 14.9. The Labute approximate surface area is 179 Å². The van der Waals surface area contributed by atoms with E-state index in [4.69, 9.17) is 14.2 Å². The highest BCUT2D eigenvalue weighted by molar-refractivity contribution is 5.94. The lowest BCUT2D eigenvalue weighted by atomic mass is 10.1. The molecule has 2 aromatic carbocycles. The second kappa shape index (κ2) is 10.0. The van der Waals surface area contributed by atoms with Gasteiger partial charge in [0.1, 0.15) is 11.9 Å². The first kappa shape index (κ1) is 22.2. The second-order valence-electron chi connectivity index (χ2n) is 7.15. The van der Waals surface area contributed by atoms with Gasteiger partial charge >= 0.3 is 5.97 Å². The zero-order valence-corrected chi connectivity index (χ0v) is 17.4. The number of aromatic hydroxyl groups is 2. The number of hydrogen-bond acceptors (Lipinski definition) is 8. The van der Waals surface area contributed by atoms with E-state index < -0.39 is 18.1 Å². The lowest BCUT2D eigenvalue weighted by molar-refractivity contribution is 0.0191. The van der Waals surface area contributed by atoms with Gasteiger partial charge in [0, 0.05) is 12.1 Å². The van der Waals surface area contributed by atoms with Crippen LogP contribution in [-0.2, 0) is 4.74 Å².